The maximum absolute atomic E-state index is 12.6. The summed E-state index contributed by atoms with van der Waals surface area (Å²) in [5.41, 5.74) is 0. The monoisotopic (exact) mass is 416 g/mol. The van der Waals surface area contributed by atoms with Crippen LogP contribution in [0.25, 0.3) is 0 Å². The lowest BCUT2D eigenvalue weighted by Gasteiger charge is -2.30. The topological polar surface area (TPSA) is 60.2 Å². The number of rotatable bonds is 9. The number of ether oxygens (including phenoxy) is 1. The highest BCUT2D eigenvalue weighted by atomic mass is 32.2. The fourth-order valence-electron chi connectivity index (χ4n) is 3.44. The number of benzene rings is 1. The quantitative estimate of drug-likeness (QED) is 0.572. The second-order valence-electron chi connectivity index (χ2n) is 8.21. The second kappa shape index (κ2) is 10.7. The Labute approximate surface area is 178 Å². The van der Waals surface area contributed by atoms with Gasteiger partial charge < -0.3 is 14.2 Å². The van der Waals surface area contributed by atoms with E-state index in [1.807, 2.05) is 35.2 Å². The average Bonchev–Trinajstić information content (AvgIpc) is 3.11. The minimum atomic E-state index is 0.196. The van der Waals surface area contributed by atoms with E-state index in [0.717, 1.165) is 49.2 Å². The van der Waals surface area contributed by atoms with Crippen molar-refractivity contribution in [3.63, 3.8) is 0 Å². The fourth-order valence-corrected chi connectivity index (χ4v) is 4.33. The van der Waals surface area contributed by atoms with Gasteiger partial charge in [0.1, 0.15) is 12.4 Å². The molecule has 1 amide bonds. The third-order valence-corrected chi connectivity index (χ3v) is 6.12. The Bertz CT molecular complexity index is 778. The SMILES string of the molecule is CC(C)CCn1c(COc2ccccc2)nnc1SCC(=O)N1CCCC(C)C1. The van der Waals surface area contributed by atoms with Crippen LogP contribution in [-0.2, 0) is 17.9 Å². The van der Waals surface area contributed by atoms with E-state index in [2.05, 4.69) is 35.5 Å². The van der Waals surface area contributed by atoms with Crippen molar-refractivity contribution in [3.8, 4) is 5.75 Å². The first-order chi connectivity index (χ1) is 14.0. The van der Waals surface area contributed by atoms with Crippen LogP contribution in [0.4, 0.5) is 0 Å². The Morgan fingerprint density at radius 1 is 1.28 bits per heavy atom. The second-order valence-corrected chi connectivity index (χ2v) is 9.15. The van der Waals surface area contributed by atoms with Gasteiger partial charge in [-0.1, -0.05) is 50.7 Å². The molecule has 6 nitrogen and oxygen atoms in total. The summed E-state index contributed by atoms with van der Waals surface area (Å²) >= 11 is 1.49. The standard InChI is InChI=1S/C22H32N4O2S/c1-17(2)11-13-26-20(15-28-19-9-5-4-6-10-19)23-24-22(26)29-16-21(27)25-12-7-8-18(3)14-25/h4-6,9-10,17-18H,7-8,11-16H2,1-3H3. The molecule has 1 aromatic carbocycles. The Kier molecular flexibility index (Phi) is 7.98. The number of likely N-dealkylation sites (tertiary alicyclic amines) is 1. The number of hydrogen-bond donors (Lipinski definition) is 0. The summed E-state index contributed by atoms with van der Waals surface area (Å²) in [5, 5.41) is 9.52. The van der Waals surface area contributed by atoms with Gasteiger partial charge in [0, 0.05) is 19.6 Å². The van der Waals surface area contributed by atoms with Crippen molar-refractivity contribution in [1.82, 2.24) is 19.7 Å². The summed E-state index contributed by atoms with van der Waals surface area (Å²) in [6, 6.07) is 9.73. The smallest absolute Gasteiger partial charge is 0.233 e. The molecule has 29 heavy (non-hydrogen) atoms. The zero-order valence-electron chi connectivity index (χ0n) is 17.7. The summed E-state index contributed by atoms with van der Waals surface area (Å²) in [7, 11) is 0. The van der Waals surface area contributed by atoms with Crippen LogP contribution in [0.2, 0.25) is 0 Å². The van der Waals surface area contributed by atoms with Crippen molar-refractivity contribution < 1.29 is 9.53 Å². The average molecular weight is 417 g/mol. The van der Waals surface area contributed by atoms with Crippen LogP contribution < -0.4 is 4.74 Å². The zero-order chi connectivity index (χ0) is 20.6. The van der Waals surface area contributed by atoms with Crippen LogP contribution in [0, 0.1) is 11.8 Å². The lowest BCUT2D eigenvalue weighted by Crippen LogP contribution is -2.40. The highest BCUT2D eigenvalue weighted by molar-refractivity contribution is 7.99. The maximum atomic E-state index is 12.6. The van der Waals surface area contributed by atoms with Crippen LogP contribution >= 0.6 is 11.8 Å². The van der Waals surface area contributed by atoms with Gasteiger partial charge in [0.2, 0.25) is 5.91 Å². The summed E-state index contributed by atoms with van der Waals surface area (Å²) in [5.74, 6) is 3.39. The summed E-state index contributed by atoms with van der Waals surface area (Å²) < 4.78 is 7.99. The Morgan fingerprint density at radius 3 is 2.79 bits per heavy atom. The fraction of sp³-hybridized carbons (Fsp3) is 0.591. The predicted molar refractivity (Wildman–Crippen MR) is 116 cm³/mol. The number of nitrogens with zero attached hydrogens (tertiary/aromatic N) is 4. The van der Waals surface area contributed by atoms with Crippen LogP contribution in [0.3, 0.4) is 0 Å². The van der Waals surface area contributed by atoms with Crippen molar-refractivity contribution in [2.75, 3.05) is 18.8 Å². The highest BCUT2D eigenvalue weighted by Gasteiger charge is 2.22. The first-order valence-electron chi connectivity index (χ1n) is 10.5. The highest BCUT2D eigenvalue weighted by Crippen LogP contribution is 2.22. The number of hydrogen-bond acceptors (Lipinski definition) is 5. The Hall–Kier alpha value is -2.02. The molecule has 0 N–H and O–H groups in total. The molecular formula is C22H32N4O2S. The van der Waals surface area contributed by atoms with E-state index in [0.29, 0.717) is 24.2 Å². The molecule has 1 aliphatic rings. The van der Waals surface area contributed by atoms with Crippen molar-refractivity contribution in [3.05, 3.63) is 36.2 Å². The van der Waals surface area contributed by atoms with Gasteiger partial charge in [-0.2, -0.15) is 0 Å². The Balaban J connectivity index is 1.63. The molecule has 1 unspecified atom stereocenters. The number of carbonyl (C=O) groups is 1. The van der Waals surface area contributed by atoms with Crippen LogP contribution in [-0.4, -0.2) is 44.4 Å². The molecule has 0 bridgehead atoms. The van der Waals surface area contributed by atoms with E-state index in [4.69, 9.17) is 4.74 Å². The first kappa shape index (κ1) is 21.7. The summed E-state index contributed by atoms with van der Waals surface area (Å²) in [4.78, 5) is 14.6. The third-order valence-electron chi connectivity index (χ3n) is 5.17. The van der Waals surface area contributed by atoms with E-state index in [1.165, 1.54) is 18.2 Å². The van der Waals surface area contributed by atoms with E-state index >= 15 is 0 Å². The molecular weight excluding hydrogens is 384 g/mol. The molecule has 158 valence electrons. The predicted octanol–water partition coefficient (Wildman–Crippen LogP) is 4.25. The Morgan fingerprint density at radius 2 is 2.07 bits per heavy atom. The molecule has 7 heteroatoms. The van der Waals surface area contributed by atoms with Gasteiger partial charge in [0.05, 0.1) is 5.75 Å². The lowest BCUT2D eigenvalue weighted by atomic mass is 10.0. The number of aromatic nitrogens is 3. The van der Waals surface area contributed by atoms with Gasteiger partial charge in [0.25, 0.3) is 0 Å². The third kappa shape index (κ3) is 6.49. The molecule has 2 aromatic rings. The number of thioether (sulfide) groups is 1. The maximum Gasteiger partial charge on any atom is 0.233 e. The number of carbonyl (C=O) groups excluding carboxylic acids is 1. The molecule has 1 aromatic heterocycles. The van der Waals surface area contributed by atoms with Crippen molar-refractivity contribution in [2.24, 2.45) is 11.8 Å². The molecule has 0 aliphatic carbocycles. The van der Waals surface area contributed by atoms with Crippen LogP contribution in [0.15, 0.2) is 35.5 Å². The summed E-state index contributed by atoms with van der Waals surface area (Å²) in [6.45, 7) is 9.57. The van der Waals surface area contributed by atoms with Gasteiger partial charge in [0.15, 0.2) is 11.0 Å². The van der Waals surface area contributed by atoms with Gasteiger partial charge in [-0.3, -0.25) is 4.79 Å². The minimum Gasteiger partial charge on any atom is -0.486 e. The number of amides is 1. The molecule has 1 atom stereocenters. The minimum absolute atomic E-state index is 0.196. The van der Waals surface area contributed by atoms with Gasteiger partial charge in [-0.15, -0.1) is 10.2 Å². The molecule has 3 rings (SSSR count). The van der Waals surface area contributed by atoms with Crippen molar-refractivity contribution >= 4 is 17.7 Å². The normalized spacial score (nSPS) is 17.0. The molecule has 0 radical (unpaired) electrons. The number of para-hydroxylation sites is 1. The molecule has 1 fully saturated rings. The first-order valence-corrected chi connectivity index (χ1v) is 11.5. The van der Waals surface area contributed by atoms with E-state index < -0.39 is 0 Å². The van der Waals surface area contributed by atoms with Crippen molar-refractivity contribution in [1.29, 1.82) is 0 Å². The molecule has 0 spiro atoms. The van der Waals surface area contributed by atoms with Gasteiger partial charge in [-0.25, -0.2) is 0 Å². The van der Waals surface area contributed by atoms with Crippen LogP contribution in [0.5, 0.6) is 5.75 Å². The van der Waals surface area contributed by atoms with Gasteiger partial charge >= 0.3 is 0 Å². The number of piperidine rings is 1. The van der Waals surface area contributed by atoms with E-state index in [9.17, 15) is 4.79 Å². The van der Waals surface area contributed by atoms with Gasteiger partial charge in [-0.05, 0) is 43.2 Å². The molecule has 2 heterocycles. The van der Waals surface area contributed by atoms with Crippen LogP contribution in [0.1, 0.15) is 45.9 Å². The molecule has 0 saturated carbocycles. The summed E-state index contributed by atoms with van der Waals surface area (Å²) in [6.07, 6.45) is 3.34. The zero-order valence-corrected chi connectivity index (χ0v) is 18.5. The van der Waals surface area contributed by atoms with E-state index in [-0.39, 0.29) is 5.91 Å². The largest absolute Gasteiger partial charge is 0.486 e. The lowest BCUT2D eigenvalue weighted by molar-refractivity contribution is -0.130. The van der Waals surface area contributed by atoms with E-state index in [1.54, 1.807) is 0 Å². The molecule has 1 saturated heterocycles. The van der Waals surface area contributed by atoms with Crippen molar-refractivity contribution in [2.45, 2.75) is 58.3 Å². The molecule has 1 aliphatic heterocycles.